The Morgan fingerprint density at radius 3 is 2.74 bits per heavy atom. The average molecular weight is 477 g/mol. The molecule has 12 nitrogen and oxygen atoms in total. The lowest BCUT2D eigenvalue weighted by Crippen LogP contribution is -2.32. The number of H-pyrrole nitrogens is 1. The molecule has 1 aliphatic rings. The van der Waals surface area contributed by atoms with Crippen LogP contribution in [0.4, 0.5) is 16.4 Å². The quantitative estimate of drug-likeness (QED) is 0.346. The number of rotatable bonds is 5. The fraction of sp³-hybridized carbons (Fsp3) is 0.391. The van der Waals surface area contributed by atoms with Crippen molar-refractivity contribution in [2.45, 2.75) is 44.7 Å². The molecule has 0 spiro atoms. The largest absolute Gasteiger partial charge is 0.357 e. The Kier molecular flexibility index (Phi) is 5.30. The Morgan fingerprint density at radius 2 is 2.06 bits per heavy atom. The van der Waals surface area contributed by atoms with Crippen molar-refractivity contribution in [2.24, 2.45) is 7.05 Å². The summed E-state index contributed by atoms with van der Waals surface area (Å²) in [6.45, 7) is 6.10. The fourth-order valence-electron chi connectivity index (χ4n) is 4.09. The Hall–Kier alpha value is -4.22. The second kappa shape index (κ2) is 8.22. The van der Waals surface area contributed by atoms with Crippen LogP contribution in [-0.4, -0.2) is 53.6 Å². The standard InChI is InChI=1S/C23H28N10O2/c1-23(2,3)33-11-17(18(31-33)13-9-26-27-10-13)29-22(35)28-16-7-14(16)15-6-12-8-25-21(24-4)30-19(12)32(5)20(15)34/h6,8-11,14,16H,7H2,1-5H3,(H,26,27)(H,24,25,30)(H2,28,29,35). The Morgan fingerprint density at radius 1 is 1.26 bits per heavy atom. The molecule has 0 bridgehead atoms. The molecule has 1 aliphatic carbocycles. The van der Waals surface area contributed by atoms with E-state index in [-0.39, 0.29) is 29.1 Å². The maximum atomic E-state index is 13.0. The molecular weight excluding hydrogens is 448 g/mol. The Bertz CT molecular complexity index is 1460. The number of aromatic amines is 1. The maximum Gasteiger partial charge on any atom is 0.319 e. The van der Waals surface area contributed by atoms with Gasteiger partial charge in [0.15, 0.2) is 0 Å². The van der Waals surface area contributed by atoms with Crippen LogP contribution in [0.25, 0.3) is 22.3 Å². The first-order valence-corrected chi connectivity index (χ1v) is 11.4. The number of hydrogen-bond donors (Lipinski definition) is 4. The summed E-state index contributed by atoms with van der Waals surface area (Å²) in [5.74, 6) is 0.380. The second-order valence-corrected chi connectivity index (χ2v) is 9.73. The summed E-state index contributed by atoms with van der Waals surface area (Å²) in [6.07, 6.45) is 7.57. The number of fused-ring (bicyclic) bond motifs is 1. The van der Waals surface area contributed by atoms with Crippen molar-refractivity contribution in [3.05, 3.63) is 46.8 Å². The number of anilines is 2. The van der Waals surface area contributed by atoms with Gasteiger partial charge in [-0.25, -0.2) is 9.78 Å². The summed E-state index contributed by atoms with van der Waals surface area (Å²) < 4.78 is 3.34. The summed E-state index contributed by atoms with van der Waals surface area (Å²) in [5.41, 5.74) is 2.80. The first-order chi connectivity index (χ1) is 16.7. The Balaban J connectivity index is 1.33. The van der Waals surface area contributed by atoms with E-state index in [2.05, 4.69) is 41.2 Å². The number of nitrogens with one attached hydrogen (secondary N) is 4. The molecular formula is C23H28N10O2. The van der Waals surface area contributed by atoms with Gasteiger partial charge in [-0.15, -0.1) is 0 Å². The third-order valence-electron chi connectivity index (χ3n) is 6.13. The van der Waals surface area contributed by atoms with E-state index in [0.29, 0.717) is 35.0 Å². The molecule has 0 aliphatic heterocycles. The molecule has 5 rings (SSSR count). The minimum atomic E-state index is -0.352. The summed E-state index contributed by atoms with van der Waals surface area (Å²) >= 11 is 0. The lowest BCUT2D eigenvalue weighted by Gasteiger charge is -2.18. The van der Waals surface area contributed by atoms with E-state index in [1.165, 1.54) is 4.57 Å². The summed E-state index contributed by atoms with van der Waals surface area (Å²) in [5, 5.41) is 21.0. The molecule has 4 heterocycles. The summed E-state index contributed by atoms with van der Waals surface area (Å²) in [7, 11) is 3.42. The predicted molar refractivity (Wildman–Crippen MR) is 132 cm³/mol. The maximum absolute atomic E-state index is 13.0. The number of carbonyl (C=O) groups excluding carboxylic acids is 1. The minimum Gasteiger partial charge on any atom is -0.357 e. The number of pyridine rings is 1. The molecule has 2 amide bonds. The molecule has 4 aromatic rings. The van der Waals surface area contributed by atoms with Gasteiger partial charge in [0.1, 0.15) is 11.3 Å². The van der Waals surface area contributed by atoms with Crippen LogP contribution < -0.4 is 21.5 Å². The first-order valence-electron chi connectivity index (χ1n) is 11.4. The molecule has 0 radical (unpaired) electrons. The van der Waals surface area contributed by atoms with Crippen molar-refractivity contribution in [3.8, 4) is 11.3 Å². The zero-order valence-corrected chi connectivity index (χ0v) is 20.2. The van der Waals surface area contributed by atoms with Gasteiger partial charge in [-0.3, -0.25) is 19.1 Å². The third kappa shape index (κ3) is 4.22. The molecule has 0 saturated heterocycles. The Labute approximate surface area is 201 Å². The highest BCUT2D eigenvalue weighted by molar-refractivity contribution is 5.93. The monoisotopic (exact) mass is 476 g/mol. The zero-order valence-electron chi connectivity index (χ0n) is 20.2. The SMILES string of the molecule is CNc1ncc2cc(C3CC3NC(=O)Nc3cn(C(C)(C)C)nc3-c3cn[nH]c3)c(=O)n(C)c2n1. The van der Waals surface area contributed by atoms with E-state index < -0.39 is 0 Å². The normalized spacial score (nSPS) is 17.4. The molecule has 4 aromatic heterocycles. The summed E-state index contributed by atoms with van der Waals surface area (Å²) in [4.78, 5) is 34.5. The average Bonchev–Trinajstić information content (AvgIpc) is 3.19. The van der Waals surface area contributed by atoms with Crippen molar-refractivity contribution in [1.29, 1.82) is 0 Å². The van der Waals surface area contributed by atoms with Crippen molar-refractivity contribution >= 4 is 28.7 Å². The highest BCUT2D eigenvalue weighted by atomic mass is 16.2. The molecule has 0 aromatic carbocycles. The number of hydrogen-bond acceptors (Lipinski definition) is 7. The smallest absolute Gasteiger partial charge is 0.319 e. The highest BCUT2D eigenvalue weighted by Gasteiger charge is 2.42. The number of nitrogens with zero attached hydrogens (tertiary/aromatic N) is 6. The molecule has 4 N–H and O–H groups in total. The van der Waals surface area contributed by atoms with Gasteiger partial charge in [-0.1, -0.05) is 0 Å². The van der Waals surface area contributed by atoms with Crippen molar-refractivity contribution in [1.82, 2.24) is 39.8 Å². The van der Waals surface area contributed by atoms with E-state index in [4.69, 9.17) is 0 Å². The summed E-state index contributed by atoms with van der Waals surface area (Å²) in [6, 6.07) is 1.33. The fourth-order valence-corrected chi connectivity index (χ4v) is 4.09. The number of amides is 2. The van der Waals surface area contributed by atoms with Crippen LogP contribution in [0, 0.1) is 0 Å². The van der Waals surface area contributed by atoms with Crippen molar-refractivity contribution in [2.75, 3.05) is 17.7 Å². The lowest BCUT2D eigenvalue weighted by molar-refractivity contribution is 0.251. The molecule has 12 heteroatoms. The molecule has 182 valence electrons. The van der Waals surface area contributed by atoms with Gasteiger partial charge in [-0.05, 0) is 33.3 Å². The van der Waals surface area contributed by atoms with Crippen LogP contribution in [0.2, 0.25) is 0 Å². The van der Waals surface area contributed by atoms with Gasteiger partial charge in [0, 0.05) is 61.2 Å². The van der Waals surface area contributed by atoms with Crippen LogP contribution >= 0.6 is 0 Å². The van der Waals surface area contributed by atoms with Gasteiger partial charge in [-0.2, -0.15) is 15.2 Å². The predicted octanol–water partition coefficient (Wildman–Crippen LogP) is 2.39. The van der Waals surface area contributed by atoms with Crippen molar-refractivity contribution in [3.63, 3.8) is 0 Å². The first kappa shape index (κ1) is 22.6. The van der Waals surface area contributed by atoms with E-state index in [0.717, 1.165) is 10.9 Å². The van der Waals surface area contributed by atoms with Crippen LogP contribution in [0.3, 0.4) is 0 Å². The van der Waals surface area contributed by atoms with Gasteiger partial charge in [0.05, 0.1) is 17.4 Å². The van der Waals surface area contributed by atoms with Crippen molar-refractivity contribution < 1.29 is 4.79 Å². The topological polar surface area (TPSA) is 147 Å². The minimum absolute atomic E-state index is 0.0709. The van der Waals surface area contributed by atoms with E-state index in [1.54, 1.807) is 32.7 Å². The number of aryl methyl sites for hydroxylation is 1. The number of carbonyl (C=O) groups is 1. The number of urea groups is 1. The van der Waals surface area contributed by atoms with Crippen LogP contribution in [-0.2, 0) is 12.6 Å². The van der Waals surface area contributed by atoms with Crippen LogP contribution in [0.15, 0.2) is 35.6 Å². The van der Waals surface area contributed by atoms with Gasteiger partial charge in [0.25, 0.3) is 5.56 Å². The van der Waals surface area contributed by atoms with E-state index in [9.17, 15) is 9.59 Å². The van der Waals surface area contributed by atoms with Gasteiger partial charge in [0.2, 0.25) is 5.95 Å². The van der Waals surface area contributed by atoms with E-state index >= 15 is 0 Å². The zero-order chi connectivity index (χ0) is 24.9. The number of aromatic nitrogens is 7. The highest BCUT2D eigenvalue weighted by Crippen LogP contribution is 2.40. The van der Waals surface area contributed by atoms with Crippen LogP contribution in [0.1, 0.15) is 38.7 Å². The van der Waals surface area contributed by atoms with Gasteiger partial charge >= 0.3 is 6.03 Å². The lowest BCUT2D eigenvalue weighted by atomic mass is 10.1. The molecule has 1 saturated carbocycles. The second-order valence-electron chi connectivity index (χ2n) is 9.73. The molecule has 35 heavy (non-hydrogen) atoms. The third-order valence-corrected chi connectivity index (χ3v) is 6.13. The van der Waals surface area contributed by atoms with E-state index in [1.807, 2.05) is 37.7 Å². The van der Waals surface area contributed by atoms with Crippen LogP contribution in [0.5, 0.6) is 0 Å². The molecule has 2 atom stereocenters. The molecule has 1 fully saturated rings. The molecule has 2 unspecified atom stereocenters. The van der Waals surface area contributed by atoms with Gasteiger partial charge < -0.3 is 16.0 Å².